The van der Waals surface area contributed by atoms with Crippen LogP contribution in [0.15, 0.2) is 16.3 Å². The van der Waals surface area contributed by atoms with Crippen LogP contribution in [0.1, 0.15) is 6.92 Å². The Labute approximate surface area is 121 Å². The van der Waals surface area contributed by atoms with Gasteiger partial charge in [0.1, 0.15) is 4.21 Å². The van der Waals surface area contributed by atoms with E-state index < -0.39 is 16.1 Å². The van der Waals surface area contributed by atoms with Crippen molar-refractivity contribution in [3.8, 4) is 0 Å². The van der Waals surface area contributed by atoms with E-state index in [0.29, 0.717) is 10.9 Å². The minimum Gasteiger partial charge on any atom is -0.395 e. The van der Waals surface area contributed by atoms with Crippen molar-refractivity contribution in [1.29, 1.82) is 0 Å². The fourth-order valence-electron chi connectivity index (χ4n) is 1.43. The van der Waals surface area contributed by atoms with Crippen LogP contribution in [-0.4, -0.2) is 50.5 Å². The van der Waals surface area contributed by atoms with Crippen molar-refractivity contribution < 1.29 is 18.6 Å². The molecule has 4 N–H and O–H groups in total. The van der Waals surface area contributed by atoms with E-state index >= 15 is 0 Å². The summed E-state index contributed by atoms with van der Waals surface area (Å²) in [5, 5.41) is 20.9. The lowest BCUT2D eigenvalue weighted by Gasteiger charge is -2.23. The Morgan fingerprint density at radius 3 is 2.58 bits per heavy atom. The summed E-state index contributed by atoms with van der Waals surface area (Å²) in [6, 6.07) is 1.91. The molecule has 1 heterocycles. The van der Waals surface area contributed by atoms with Crippen LogP contribution in [0.4, 0.5) is 0 Å². The quantitative estimate of drug-likeness (QED) is 0.539. The number of nitrogens with one attached hydrogen (secondary N) is 2. The molecule has 6 nitrogen and oxygen atoms in total. The van der Waals surface area contributed by atoms with E-state index in [1.165, 1.54) is 12.1 Å². The molecule has 1 unspecified atom stereocenters. The van der Waals surface area contributed by atoms with E-state index in [0.717, 1.165) is 11.3 Å². The van der Waals surface area contributed by atoms with Crippen molar-refractivity contribution in [2.75, 3.05) is 19.8 Å². The summed E-state index contributed by atoms with van der Waals surface area (Å²) in [5.74, 6) is 0. The number of sulfonamides is 1. The Balaban J connectivity index is 2.74. The highest BCUT2D eigenvalue weighted by Gasteiger charge is 2.24. The SMILES string of the molecule is CC(NCCO)[C@H](CO)NS(=O)(=O)c1ccc(Cl)s1. The zero-order chi connectivity index (χ0) is 14.5. The molecule has 0 bridgehead atoms. The number of hydrogen-bond donors (Lipinski definition) is 4. The summed E-state index contributed by atoms with van der Waals surface area (Å²) in [4.78, 5) is 0. The summed E-state index contributed by atoms with van der Waals surface area (Å²) in [6.07, 6.45) is 0. The minimum absolute atomic E-state index is 0.0598. The average Bonchev–Trinajstić information content (AvgIpc) is 2.80. The average molecular weight is 329 g/mol. The largest absolute Gasteiger partial charge is 0.395 e. The predicted molar refractivity (Wildman–Crippen MR) is 75.1 cm³/mol. The van der Waals surface area contributed by atoms with Gasteiger partial charge in [0.25, 0.3) is 0 Å². The number of aliphatic hydroxyl groups is 2. The lowest BCUT2D eigenvalue weighted by atomic mass is 10.2. The molecule has 0 aliphatic heterocycles. The number of halogens is 1. The van der Waals surface area contributed by atoms with Gasteiger partial charge in [-0.05, 0) is 19.1 Å². The van der Waals surface area contributed by atoms with E-state index in [-0.39, 0.29) is 23.5 Å². The third kappa shape index (κ3) is 4.99. The van der Waals surface area contributed by atoms with Gasteiger partial charge in [0, 0.05) is 12.6 Å². The first-order valence-corrected chi connectivity index (χ1v) is 8.31. The molecule has 1 aromatic rings. The highest BCUT2D eigenvalue weighted by Crippen LogP contribution is 2.25. The number of aliphatic hydroxyl groups excluding tert-OH is 2. The summed E-state index contributed by atoms with van der Waals surface area (Å²) in [5.41, 5.74) is 0. The fourth-order valence-corrected chi connectivity index (χ4v) is 4.24. The van der Waals surface area contributed by atoms with Crippen LogP contribution in [0.25, 0.3) is 0 Å². The Morgan fingerprint density at radius 2 is 2.11 bits per heavy atom. The lowest BCUT2D eigenvalue weighted by Crippen LogP contribution is -2.50. The Morgan fingerprint density at radius 1 is 1.42 bits per heavy atom. The molecule has 9 heteroatoms. The first-order chi connectivity index (χ1) is 8.90. The lowest BCUT2D eigenvalue weighted by molar-refractivity contribution is 0.221. The fraction of sp³-hybridized carbons (Fsp3) is 0.600. The molecule has 0 amide bonds. The van der Waals surface area contributed by atoms with Crippen molar-refractivity contribution in [3.05, 3.63) is 16.5 Å². The number of thiophene rings is 1. The van der Waals surface area contributed by atoms with Crippen LogP contribution < -0.4 is 10.0 Å². The first-order valence-electron chi connectivity index (χ1n) is 5.63. The molecular formula is C10H17ClN2O4S2. The molecule has 0 spiro atoms. The monoisotopic (exact) mass is 328 g/mol. The van der Waals surface area contributed by atoms with Crippen LogP contribution >= 0.6 is 22.9 Å². The van der Waals surface area contributed by atoms with Gasteiger partial charge in [-0.1, -0.05) is 11.6 Å². The van der Waals surface area contributed by atoms with Gasteiger partial charge in [0.15, 0.2) is 0 Å². The maximum atomic E-state index is 12.0. The van der Waals surface area contributed by atoms with Crippen LogP contribution in [0.5, 0.6) is 0 Å². The third-order valence-electron chi connectivity index (χ3n) is 2.50. The number of rotatable bonds is 8. The Bertz CT molecular complexity index is 491. The zero-order valence-electron chi connectivity index (χ0n) is 10.3. The van der Waals surface area contributed by atoms with Crippen molar-refractivity contribution >= 4 is 33.0 Å². The minimum atomic E-state index is -3.70. The second-order valence-electron chi connectivity index (χ2n) is 3.94. The van der Waals surface area contributed by atoms with Gasteiger partial charge in [-0.3, -0.25) is 0 Å². The van der Waals surface area contributed by atoms with Crippen molar-refractivity contribution in [2.45, 2.75) is 23.2 Å². The van der Waals surface area contributed by atoms with Crippen LogP contribution in [0.2, 0.25) is 4.34 Å². The summed E-state index contributed by atoms with van der Waals surface area (Å²) in [6.45, 7) is 1.64. The molecule has 1 aromatic heterocycles. The second-order valence-corrected chi connectivity index (χ2v) is 7.59. The Kier molecular flexibility index (Phi) is 6.67. The van der Waals surface area contributed by atoms with Crippen LogP contribution in [0.3, 0.4) is 0 Å². The molecule has 110 valence electrons. The van der Waals surface area contributed by atoms with Crippen LogP contribution in [-0.2, 0) is 10.0 Å². The topological polar surface area (TPSA) is 98.7 Å². The maximum absolute atomic E-state index is 12.0. The van der Waals surface area contributed by atoms with Gasteiger partial charge < -0.3 is 15.5 Å². The van der Waals surface area contributed by atoms with E-state index in [9.17, 15) is 13.5 Å². The van der Waals surface area contributed by atoms with E-state index in [4.69, 9.17) is 16.7 Å². The van der Waals surface area contributed by atoms with Crippen LogP contribution in [0, 0.1) is 0 Å². The normalized spacial score (nSPS) is 15.4. The van der Waals surface area contributed by atoms with Crippen molar-refractivity contribution in [1.82, 2.24) is 10.0 Å². The molecule has 0 radical (unpaired) electrons. The molecule has 0 aliphatic carbocycles. The zero-order valence-corrected chi connectivity index (χ0v) is 12.7. The predicted octanol–water partition coefficient (Wildman–Crippen LogP) is 0.0111. The highest BCUT2D eigenvalue weighted by molar-refractivity contribution is 7.91. The smallest absolute Gasteiger partial charge is 0.250 e. The van der Waals surface area contributed by atoms with E-state index in [1.807, 2.05) is 0 Å². The van der Waals surface area contributed by atoms with Gasteiger partial charge in [0.2, 0.25) is 10.0 Å². The maximum Gasteiger partial charge on any atom is 0.250 e. The first kappa shape index (κ1) is 16.8. The van der Waals surface area contributed by atoms with Crippen molar-refractivity contribution in [3.63, 3.8) is 0 Å². The Hall–Kier alpha value is -0.220. The molecule has 1 rings (SSSR count). The van der Waals surface area contributed by atoms with E-state index in [2.05, 4.69) is 10.0 Å². The van der Waals surface area contributed by atoms with Gasteiger partial charge in [-0.15, -0.1) is 11.3 Å². The summed E-state index contributed by atoms with van der Waals surface area (Å²) < 4.78 is 27.0. The molecule has 2 atom stereocenters. The van der Waals surface area contributed by atoms with Crippen molar-refractivity contribution in [2.24, 2.45) is 0 Å². The van der Waals surface area contributed by atoms with E-state index in [1.54, 1.807) is 6.92 Å². The molecule has 0 fully saturated rings. The molecule has 0 saturated heterocycles. The van der Waals surface area contributed by atoms with Gasteiger partial charge in [0.05, 0.1) is 23.6 Å². The summed E-state index contributed by atoms with van der Waals surface area (Å²) >= 11 is 6.65. The molecule has 0 aliphatic rings. The second kappa shape index (κ2) is 7.53. The summed E-state index contributed by atoms with van der Waals surface area (Å²) in [7, 11) is -3.70. The highest BCUT2D eigenvalue weighted by atomic mass is 35.5. The molecule has 0 aromatic carbocycles. The molecule has 0 saturated carbocycles. The third-order valence-corrected chi connectivity index (χ3v) is 5.71. The number of hydrogen-bond acceptors (Lipinski definition) is 6. The molecular weight excluding hydrogens is 312 g/mol. The van der Waals surface area contributed by atoms with Gasteiger partial charge in [-0.2, -0.15) is 0 Å². The molecule has 19 heavy (non-hydrogen) atoms. The standard InChI is InChI=1S/C10H17ClN2O4S2/c1-7(12-4-5-14)8(6-15)13-19(16,17)10-3-2-9(11)18-10/h2-3,7-8,12-15H,4-6H2,1H3/t7?,8-/m0/s1. The van der Waals surface area contributed by atoms with Gasteiger partial charge >= 0.3 is 0 Å². The van der Waals surface area contributed by atoms with Gasteiger partial charge in [-0.25, -0.2) is 13.1 Å².